The maximum atomic E-state index is 9.40. The lowest BCUT2D eigenvalue weighted by Crippen LogP contribution is -2.09. The van der Waals surface area contributed by atoms with Gasteiger partial charge in [-0.15, -0.1) is 10.2 Å². The Hall–Kier alpha value is -1.57. The lowest BCUT2D eigenvalue weighted by molar-refractivity contribution is 0.220. The van der Waals surface area contributed by atoms with E-state index in [1.54, 1.807) is 14.0 Å². The van der Waals surface area contributed by atoms with Gasteiger partial charge in [0.1, 0.15) is 5.75 Å². The molecule has 3 N–H and O–H groups in total. The van der Waals surface area contributed by atoms with Crippen LogP contribution >= 0.6 is 11.8 Å². The van der Waals surface area contributed by atoms with E-state index in [1.165, 1.54) is 11.8 Å². The standard InChI is InChI=1S/C13H18N4O2S/c1-9(18)8-20-13-16-15-12(7-14)17(13)10-4-3-5-11(6-10)19-2/h3-6,9,18H,7-8,14H2,1-2H3. The Balaban J connectivity index is 2.39. The highest BCUT2D eigenvalue weighted by molar-refractivity contribution is 7.99. The summed E-state index contributed by atoms with van der Waals surface area (Å²) >= 11 is 1.44. The number of methoxy groups -OCH3 is 1. The Morgan fingerprint density at radius 2 is 2.25 bits per heavy atom. The van der Waals surface area contributed by atoms with Gasteiger partial charge in [0.05, 0.1) is 25.4 Å². The maximum absolute atomic E-state index is 9.40. The summed E-state index contributed by atoms with van der Waals surface area (Å²) in [4.78, 5) is 0. The van der Waals surface area contributed by atoms with E-state index in [2.05, 4.69) is 10.2 Å². The zero-order valence-corrected chi connectivity index (χ0v) is 12.3. The molecule has 1 aromatic heterocycles. The van der Waals surface area contributed by atoms with Gasteiger partial charge in [-0.05, 0) is 19.1 Å². The Labute approximate surface area is 122 Å². The molecule has 0 aliphatic rings. The second kappa shape index (κ2) is 6.74. The average Bonchev–Trinajstić information content (AvgIpc) is 2.88. The number of aliphatic hydroxyl groups is 1. The normalized spacial score (nSPS) is 12.4. The highest BCUT2D eigenvalue weighted by atomic mass is 32.2. The van der Waals surface area contributed by atoms with Crippen LogP contribution in [0.15, 0.2) is 29.4 Å². The van der Waals surface area contributed by atoms with E-state index in [4.69, 9.17) is 10.5 Å². The molecule has 0 saturated carbocycles. The van der Waals surface area contributed by atoms with E-state index >= 15 is 0 Å². The smallest absolute Gasteiger partial charge is 0.195 e. The average molecular weight is 294 g/mol. The first-order chi connectivity index (χ1) is 9.65. The molecule has 6 nitrogen and oxygen atoms in total. The van der Waals surface area contributed by atoms with Crippen LogP contribution in [0, 0.1) is 0 Å². The van der Waals surface area contributed by atoms with E-state index in [-0.39, 0.29) is 0 Å². The number of ether oxygens (including phenoxy) is 1. The minimum Gasteiger partial charge on any atom is -0.497 e. The highest BCUT2D eigenvalue weighted by Crippen LogP contribution is 2.24. The minimum absolute atomic E-state index is 0.291. The third-order valence-electron chi connectivity index (χ3n) is 2.65. The molecule has 0 radical (unpaired) electrons. The topological polar surface area (TPSA) is 86.2 Å². The largest absolute Gasteiger partial charge is 0.497 e. The van der Waals surface area contributed by atoms with Crippen molar-refractivity contribution < 1.29 is 9.84 Å². The summed E-state index contributed by atoms with van der Waals surface area (Å²) in [5, 5.41) is 18.3. The Morgan fingerprint density at radius 3 is 2.90 bits per heavy atom. The second-order valence-electron chi connectivity index (χ2n) is 4.30. The van der Waals surface area contributed by atoms with E-state index in [9.17, 15) is 5.11 Å². The number of aromatic nitrogens is 3. The van der Waals surface area contributed by atoms with Crippen LogP contribution in [0.4, 0.5) is 0 Å². The van der Waals surface area contributed by atoms with Gasteiger partial charge in [0.15, 0.2) is 11.0 Å². The SMILES string of the molecule is COc1cccc(-n2c(CN)nnc2SCC(C)O)c1. The third-order valence-corrected chi connectivity index (χ3v) is 3.82. The molecule has 0 spiro atoms. The summed E-state index contributed by atoms with van der Waals surface area (Å²) in [5.74, 6) is 1.98. The molecule has 1 aromatic carbocycles. The van der Waals surface area contributed by atoms with Gasteiger partial charge in [0.25, 0.3) is 0 Å². The quantitative estimate of drug-likeness (QED) is 0.779. The first kappa shape index (κ1) is 14.8. The minimum atomic E-state index is -0.406. The number of benzene rings is 1. The molecule has 7 heteroatoms. The number of nitrogens with zero attached hydrogens (tertiary/aromatic N) is 3. The molecule has 1 heterocycles. The summed E-state index contributed by atoms with van der Waals surface area (Å²) in [5.41, 5.74) is 6.61. The number of aliphatic hydroxyl groups excluding tert-OH is 1. The van der Waals surface area contributed by atoms with E-state index in [0.717, 1.165) is 11.4 Å². The van der Waals surface area contributed by atoms with Gasteiger partial charge in [-0.1, -0.05) is 17.8 Å². The summed E-state index contributed by atoms with van der Waals surface area (Å²) in [6, 6.07) is 7.61. The fourth-order valence-electron chi connectivity index (χ4n) is 1.73. The molecular weight excluding hydrogens is 276 g/mol. The number of hydrogen-bond donors (Lipinski definition) is 2. The molecular formula is C13H18N4O2S. The number of nitrogens with two attached hydrogens (primary N) is 1. The molecule has 0 aliphatic carbocycles. The third kappa shape index (κ3) is 3.30. The predicted octanol–water partition coefficient (Wildman–Crippen LogP) is 1.21. The molecule has 1 unspecified atom stereocenters. The summed E-state index contributed by atoms with van der Waals surface area (Å²) in [6.45, 7) is 2.03. The van der Waals surface area contributed by atoms with Crippen LogP contribution in [-0.2, 0) is 6.54 Å². The van der Waals surface area contributed by atoms with Crippen LogP contribution in [0.1, 0.15) is 12.7 Å². The maximum Gasteiger partial charge on any atom is 0.195 e. The fraction of sp³-hybridized carbons (Fsp3) is 0.385. The molecule has 0 amide bonds. The predicted molar refractivity (Wildman–Crippen MR) is 78.2 cm³/mol. The van der Waals surface area contributed by atoms with Gasteiger partial charge >= 0.3 is 0 Å². The van der Waals surface area contributed by atoms with Gasteiger partial charge in [-0.25, -0.2) is 0 Å². The van der Waals surface area contributed by atoms with E-state index < -0.39 is 6.10 Å². The van der Waals surface area contributed by atoms with Gasteiger partial charge in [-0.2, -0.15) is 0 Å². The number of hydrogen-bond acceptors (Lipinski definition) is 6. The van der Waals surface area contributed by atoms with Gasteiger partial charge < -0.3 is 15.6 Å². The zero-order chi connectivity index (χ0) is 14.5. The van der Waals surface area contributed by atoms with Crippen molar-refractivity contribution in [1.82, 2.24) is 14.8 Å². The van der Waals surface area contributed by atoms with Gasteiger partial charge in [0, 0.05) is 11.8 Å². The summed E-state index contributed by atoms with van der Waals surface area (Å²) in [6.07, 6.45) is -0.406. The lowest BCUT2D eigenvalue weighted by Gasteiger charge is -2.11. The van der Waals surface area contributed by atoms with Crippen molar-refractivity contribution in [2.75, 3.05) is 12.9 Å². The molecule has 108 valence electrons. The summed E-state index contributed by atoms with van der Waals surface area (Å²) in [7, 11) is 1.62. The van der Waals surface area contributed by atoms with Crippen molar-refractivity contribution in [3.8, 4) is 11.4 Å². The molecule has 20 heavy (non-hydrogen) atoms. The van der Waals surface area contributed by atoms with Crippen LogP contribution < -0.4 is 10.5 Å². The van der Waals surface area contributed by atoms with Crippen molar-refractivity contribution in [3.63, 3.8) is 0 Å². The molecule has 2 rings (SSSR count). The first-order valence-corrected chi connectivity index (χ1v) is 7.24. The lowest BCUT2D eigenvalue weighted by atomic mass is 10.3. The fourth-order valence-corrected chi connectivity index (χ4v) is 2.56. The molecule has 2 aromatic rings. The van der Waals surface area contributed by atoms with Crippen molar-refractivity contribution >= 4 is 11.8 Å². The monoisotopic (exact) mass is 294 g/mol. The molecule has 0 saturated heterocycles. The number of rotatable bonds is 6. The molecule has 0 fully saturated rings. The first-order valence-electron chi connectivity index (χ1n) is 6.25. The Bertz CT molecular complexity index is 571. The van der Waals surface area contributed by atoms with Crippen LogP contribution in [0.2, 0.25) is 0 Å². The molecule has 0 aliphatic heterocycles. The van der Waals surface area contributed by atoms with Crippen LogP contribution in [-0.4, -0.2) is 38.8 Å². The second-order valence-corrected chi connectivity index (χ2v) is 5.29. The van der Waals surface area contributed by atoms with E-state index in [1.807, 2.05) is 28.8 Å². The van der Waals surface area contributed by atoms with Gasteiger partial charge in [-0.3, -0.25) is 4.57 Å². The summed E-state index contributed by atoms with van der Waals surface area (Å²) < 4.78 is 7.12. The number of thioether (sulfide) groups is 1. The van der Waals surface area contributed by atoms with Crippen molar-refractivity contribution in [2.45, 2.75) is 24.7 Å². The van der Waals surface area contributed by atoms with E-state index in [0.29, 0.717) is 23.3 Å². The highest BCUT2D eigenvalue weighted by Gasteiger charge is 2.14. The zero-order valence-electron chi connectivity index (χ0n) is 11.5. The van der Waals surface area contributed by atoms with Crippen molar-refractivity contribution in [1.29, 1.82) is 0 Å². The van der Waals surface area contributed by atoms with Crippen LogP contribution in [0.5, 0.6) is 5.75 Å². The van der Waals surface area contributed by atoms with Crippen molar-refractivity contribution in [2.24, 2.45) is 5.73 Å². The Morgan fingerprint density at radius 1 is 1.45 bits per heavy atom. The van der Waals surface area contributed by atoms with Gasteiger partial charge in [0.2, 0.25) is 0 Å². The molecule has 1 atom stereocenters. The van der Waals surface area contributed by atoms with Crippen molar-refractivity contribution in [3.05, 3.63) is 30.1 Å². The Kier molecular flexibility index (Phi) is 4.99. The van der Waals surface area contributed by atoms with Crippen LogP contribution in [0.3, 0.4) is 0 Å². The molecule has 0 bridgehead atoms. The van der Waals surface area contributed by atoms with Crippen LogP contribution in [0.25, 0.3) is 5.69 Å².